The van der Waals surface area contributed by atoms with Gasteiger partial charge < -0.3 is 5.11 Å². The minimum atomic E-state index is -0.311. The zero-order valence-electron chi connectivity index (χ0n) is 8.28. The van der Waals surface area contributed by atoms with E-state index in [9.17, 15) is 5.11 Å². The Labute approximate surface area is 85.2 Å². The monoisotopic (exact) mass is 196 g/mol. The molecule has 2 unspecified atom stereocenters. The molecule has 0 heterocycles. The summed E-state index contributed by atoms with van der Waals surface area (Å²) in [4.78, 5) is 0.961. The van der Waals surface area contributed by atoms with Gasteiger partial charge in [-0.25, -0.2) is 0 Å². The normalized spacial score (nSPS) is 15.5. The predicted octanol–water partition coefficient (Wildman–Crippen LogP) is 2.77. The highest BCUT2D eigenvalue weighted by Crippen LogP contribution is 2.23. The Balaban J connectivity index is 3.01. The molecule has 0 saturated heterocycles. The summed E-state index contributed by atoms with van der Waals surface area (Å²) in [5.74, 6) is 0.172. The van der Waals surface area contributed by atoms with Gasteiger partial charge in [0.05, 0.1) is 6.10 Å². The van der Waals surface area contributed by atoms with E-state index >= 15 is 0 Å². The van der Waals surface area contributed by atoms with Crippen LogP contribution in [-0.4, -0.2) is 11.2 Å². The first-order valence-corrected chi connectivity index (χ1v) is 4.94. The fourth-order valence-corrected chi connectivity index (χ4v) is 1.69. The Morgan fingerprint density at radius 1 is 1.23 bits per heavy atom. The van der Waals surface area contributed by atoms with Gasteiger partial charge in [0.25, 0.3) is 0 Å². The molecule has 1 rings (SSSR count). The highest BCUT2D eigenvalue weighted by atomic mass is 32.1. The van der Waals surface area contributed by atoms with Crippen LogP contribution in [-0.2, 0) is 0 Å². The van der Waals surface area contributed by atoms with Crippen molar-refractivity contribution in [2.45, 2.75) is 37.7 Å². The molecular weight excluding hydrogens is 180 g/mol. The highest BCUT2D eigenvalue weighted by molar-refractivity contribution is 7.80. The summed E-state index contributed by atoms with van der Waals surface area (Å²) in [5.41, 5.74) is 2.34. The number of aryl methyl sites for hydroxylation is 1. The van der Waals surface area contributed by atoms with Gasteiger partial charge in [-0.1, -0.05) is 13.0 Å². The van der Waals surface area contributed by atoms with E-state index in [4.69, 9.17) is 0 Å². The Hall–Kier alpha value is -0.470. The topological polar surface area (TPSA) is 20.2 Å². The van der Waals surface area contributed by atoms with Crippen molar-refractivity contribution in [2.24, 2.45) is 0 Å². The first kappa shape index (κ1) is 10.6. The van der Waals surface area contributed by atoms with Crippen LogP contribution in [0.4, 0.5) is 0 Å². The summed E-state index contributed by atoms with van der Waals surface area (Å²) < 4.78 is 0. The van der Waals surface area contributed by atoms with Crippen LogP contribution in [0.5, 0.6) is 0 Å². The van der Waals surface area contributed by atoms with Crippen molar-refractivity contribution in [2.75, 3.05) is 0 Å². The molecule has 0 aliphatic carbocycles. The van der Waals surface area contributed by atoms with Crippen LogP contribution >= 0.6 is 12.6 Å². The minimum Gasteiger partial charge on any atom is -0.393 e. The predicted molar refractivity (Wildman–Crippen MR) is 58.5 cm³/mol. The van der Waals surface area contributed by atoms with Gasteiger partial charge in [0.2, 0.25) is 0 Å². The molecule has 1 N–H and O–H groups in total. The molecule has 0 spiro atoms. The van der Waals surface area contributed by atoms with Gasteiger partial charge in [-0.05, 0) is 37.1 Å². The van der Waals surface area contributed by atoms with Crippen LogP contribution in [0.25, 0.3) is 0 Å². The lowest BCUT2D eigenvalue weighted by atomic mass is 9.95. The standard InChI is InChI=1S/C11H16OS/c1-7-4-10(6-11(13)5-7)8(2)9(3)12/h4-6,8-9,12-13H,1-3H3. The maximum absolute atomic E-state index is 9.43. The molecule has 1 aromatic carbocycles. The molecule has 13 heavy (non-hydrogen) atoms. The smallest absolute Gasteiger partial charge is 0.0577 e. The van der Waals surface area contributed by atoms with Gasteiger partial charge in [-0.3, -0.25) is 0 Å². The molecule has 2 heteroatoms. The van der Waals surface area contributed by atoms with E-state index in [2.05, 4.69) is 18.7 Å². The molecule has 0 radical (unpaired) electrons. The molecule has 1 aromatic rings. The van der Waals surface area contributed by atoms with Crippen molar-refractivity contribution in [3.8, 4) is 0 Å². The summed E-state index contributed by atoms with van der Waals surface area (Å²) >= 11 is 4.31. The Morgan fingerprint density at radius 2 is 1.85 bits per heavy atom. The van der Waals surface area contributed by atoms with Gasteiger partial charge in [-0.15, -0.1) is 12.6 Å². The molecule has 0 aliphatic heterocycles. The maximum Gasteiger partial charge on any atom is 0.0577 e. The zero-order chi connectivity index (χ0) is 10.0. The summed E-state index contributed by atoms with van der Waals surface area (Å²) in [5, 5.41) is 9.43. The summed E-state index contributed by atoms with van der Waals surface area (Å²) in [6.07, 6.45) is -0.311. The zero-order valence-corrected chi connectivity index (χ0v) is 9.18. The lowest BCUT2D eigenvalue weighted by molar-refractivity contribution is 0.169. The van der Waals surface area contributed by atoms with E-state index in [1.165, 1.54) is 5.56 Å². The van der Waals surface area contributed by atoms with Gasteiger partial charge in [0.15, 0.2) is 0 Å². The second-order valence-electron chi connectivity index (χ2n) is 3.63. The molecule has 0 aromatic heterocycles. The van der Waals surface area contributed by atoms with E-state index in [1.54, 1.807) is 0 Å². The van der Waals surface area contributed by atoms with Crippen molar-refractivity contribution < 1.29 is 5.11 Å². The molecule has 0 amide bonds. The average molecular weight is 196 g/mol. The first-order valence-electron chi connectivity index (χ1n) is 4.49. The number of rotatable bonds is 2. The highest BCUT2D eigenvalue weighted by Gasteiger charge is 2.11. The molecule has 72 valence electrons. The average Bonchev–Trinajstić information content (AvgIpc) is 2.01. The number of benzene rings is 1. The van der Waals surface area contributed by atoms with Gasteiger partial charge in [0, 0.05) is 10.8 Å². The van der Waals surface area contributed by atoms with Crippen molar-refractivity contribution >= 4 is 12.6 Å². The van der Waals surface area contributed by atoms with Crippen molar-refractivity contribution in [3.63, 3.8) is 0 Å². The van der Waals surface area contributed by atoms with E-state index in [1.807, 2.05) is 32.9 Å². The molecule has 0 fully saturated rings. The number of aliphatic hydroxyl groups is 1. The number of aliphatic hydroxyl groups excluding tert-OH is 1. The third-order valence-corrected chi connectivity index (χ3v) is 2.59. The van der Waals surface area contributed by atoms with E-state index in [0.717, 1.165) is 10.5 Å². The van der Waals surface area contributed by atoms with Crippen molar-refractivity contribution in [1.82, 2.24) is 0 Å². The summed E-state index contributed by atoms with van der Waals surface area (Å²) in [6.45, 7) is 5.87. The minimum absolute atomic E-state index is 0.172. The van der Waals surface area contributed by atoms with Crippen LogP contribution in [0.15, 0.2) is 23.1 Å². The van der Waals surface area contributed by atoms with Gasteiger partial charge >= 0.3 is 0 Å². The number of hydrogen-bond donors (Lipinski definition) is 2. The molecule has 0 bridgehead atoms. The Bertz CT molecular complexity index is 274. The van der Waals surface area contributed by atoms with Crippen LogP contribution in [0.3, 0.4) is 0 Å². The number of thiol groups is 1. The van der Waals surface area contributed by atoms with E-state index in [-0.39, 0.29) is 12.0 Å². The van der Waals surface area contributed by atoms with E-state index in [0.29, 0.717) is 0 Å². The van der Waals surface area contributed by atoms with Crippen LogP contribution in [0.1, 0.15) is 30.9 Å². The number of hydrogen-bond acceptors (Lipinski definition) is 2. The third kappa shape index (κ3) is 2.75. The second kappa shape index (κ2) is 4.16. The first-order chi connectivity index (χ1) is 6.00. The van der Waals surface area contributed by atoms with Gasteiger partial charge in [0.1, 0.15) is 0 Å². The fourth-order valence-electron chi connectivity index (χ4n) is 1.33. The summed E-state index contributed by atoms with van der Waals surface area (Å²) in [7, 11) is 0. The molecule has 0 saturated carbocycles. The molecule has 0 aliphatic rings. The molecular formula is C11H16OS. The van der Waals surface area contributed by atoms with Gasteiger partial charge in [-0.2, -0.15) is 0 Å². The largest absolute Gasteiger partial charge is 0.393 e. The van der Waals surface area contributed by atoms with Crippen LogP contribution < -0.4 is 0 Å². The maximum atomic E-state index is 9.43. The third-order valence-electron chi connectivity index (χ3n) is 2.33. The lowest BCUT2D eigenvalue weighted by Gasteiger charge is -2.16. The van der Waals surface area contributed by atoms with Crippen LogP contribution in [0, 0.1) is 6.92 Å². The Kier molecular flexibility index (Phi) is 3.40. The van der Waals surface area contributed by atoms with Crippen LogP contribution in [0.2, 0.25) is 0 Å². The van der Waals surface area contributed by atoms with Crippen molar-refractivity contribution in [3.05, 3.63) is 29.3 Å². The SMILES string of the molecule is Cc1cc(S)cc(C(C)C(C)O)c1. The molecule has 2 atom stereocenters. The van der Waals surface area contributed by atoms with Crippen molar-refractivity contribution in [1.29, 1.82) is 0 Å². The lowest BCUT2D eigenvalue weighted by Crippen LogP contribution is -2.11. The molecule has 1 nitrogen and oxygen atoms in total. The Morgan fingerprint density at radius 3 is 2.31 bits per heavy atom. The quantitative estimate of drug-likeness (QED) is 0.697. The van der Waals surface area contributed by atoms with E-state index < -0.39 is 0 Å². The summed E-state index contributed by atoms with van der Waals surface area (Å²) in [6, 6.07) is 6.12. The fraction of sp³-hybridized carbons (Fsp3) is 0.455. The second-order valence-corrected chi connectivity index (χ2v) is 4.15.